The van der Waals surface area contributed by atoms with E-state index in [2.05, 4.69) is 25.5 Å². The fraction of sp³-hybridized carbons (Fsp3) is 0.786. The van der Waals surface area contributed by atoms with Crippen molar-refractivity contribution in [2.75, 3.05) is 0 Å². The van der Waals surface area contributed by atoms with E-state index in [1.54, 1.807) is 5.56 Å². The SMILES string of the molecule is Cc1nn(C(C)C)c2c1CCCCCCC2. The average molecular weight is 220 g/mol. The third kappa shape index (κ3) is 2.31. The summed E-state index contributed by atoms with van der Waals surface area (Å²) in [4.78, 5) is 0. The van der Waals surface area contributed by atoms with E-state index in [0.29, 0.717) is 6.04 Å². The monoisotopic (exact) mass is 220 g/mol. The molecule has 1 aromatic rings. The summed E-state index contributed by atoms with van der Waals surface area (Å²) in [7, 11) is 0. The maximum atomic E-state index is 4.72. The predicted molar refractivity (Wildman–Crippen MR) is 67.8 cm³/mol. The Kier molecular flexibility index (Phi) is 3.67. The van der Waals surface area contributed by atoms with E-state index in [0.717, 1.165) is 0 Å². The summed E-state index contributed by atoms with van der Waals surface area (Å²) in [6.07, 6.45) is 9.36. The summed E-state index contributed by atoms with van der Waals surface area (Å²) in [5.74, 6) is 0. The molecule has 2 rings (SSSR count). The smallest absolute Gasteiger partial charge is 0.0628 e. The molecule has 0 saturated carbocycles. The Morgan fingerprint density at radius 1 is 1.00 bits per heavy atom. The van der Waals surface area contributed by atoms with Crippen molar-refractivity contribution in [2.45, 2.75) is 71.8 Å². The maximum Gasteiger partial charge on any atom is 0.0628 e. The van der Waals surface area contributed by atoms with Crippen molar-refractivity contribution in [1.29, 1.82) is 0 Å². The van der Waals surface area contributed by atoms with Gasteiger partial charge in [-0.3, -0.25) is 4.68 Å². The van der Waals surface area contributed by atoms with Gasteiger partial charge in [0.25, 0.3) is 0 Å². The first kappa shape index (κ1) is 11.7. The number of aromatic nitrogens is 2. The molecule has 1 aliphatic carbocycles. The number of fused-ring (bicyclic) bond motifs is 1. The highest BCUT2D eigenvalue weighted by atomic mass is 15.3. The number of rotatable bonds is 1. The number of nitrogens with zero attached hydrogens (tertiary/aromatic N) is 2. The predicted octanol–water partition coefficient (Wildman–Crippen LogP) is 3.82. The lowest BCUT2D eigenvalue weighted by Gasteiger charge is -2.11. The van der Waals surface area contributed by atoms with Gasteiger partial charge >= 0.3 is 0 Å². The van der Waals surface area contributed by atoms with Crippen molar-refractivity contribution in [1.82, 2.24) is 9.78 Å². The summed E-state index contributed by atoms with van der Waals surface area (Å²) in [6, 6.07) is 0.503. The molecule has 0 amide bonds. The molecule has 16 heavy (non-hydrogen) atoms. The second-order valence-electron chi connectivity index (χ2n) is 5.32. The Morgan fingerprint density at radius 2 is 1.62 bits per heavy atom. The van der Waals surface area contributed by atoms with Gasteiger partial charge in [-0.05, 0) is 52.0 Å². The van der Waals surface area contributed by atoms with Crippen molar-refractivity contribution in [3.05, 3.63) is 17.0 Å². The van der Waals surface area contributed by atoms with Crippen LogP contribution in [0.4, 0.5) is 0 Å². The molecule has 0 radical (unpaired) electrons. The van der Waals surface area contributed by atoms with Crippen LogP contribution in [-0.2, 0) is 12.8 Å². The summed E-state index contributed by atoms with van der Waals surface area (Å²) in [5, 5.41) is 4.72. The van der Waals surface area contributed by atoms with Crippen LogP contribution in [0.1, 0.15) is 68.9 Å². The first-order valence-corrected chi connectivity index (χ1v) is 6.77. The molecular formula is C14H24N2. The largest absolute Gasteiger partial charge is 0.267 e. The quantitative estimate of drug-likeness (QED) is 0.703. The van der Waals surface area contributed by atoms with Gasteiger partial charge < -0.3 is 0 Å². The van der Waals surface area contributed by atoms with Crippen molar-refractivity contribution in [3.63, 3.8) is 0 Å². The maximum absolute atomic E-state index is 4.72. The molecule has 0 fully saturated rings. The fourth-order valence-electron chi connectivity index (χ4n) is 2.77. The highest BCUT2D eigenvalue weighted by Gasteiger charge is 2.17. The summed E-state index contributed by atoms with van der Waals surface area (Å²) in [6.45, 7) is 6.65. The van der Waals surface area contributed by atoms with Crippen LogP contribution in [0.15, 0.2) is 0 Å². The summed E-state index contributed by atoms with van der Waals surface area (Å²) >= 11 is 0. The Bertz CT molecular complexity index is 350. The van der Waals surface area contributed by atoms with Crippen LogP contribution in [0.2, 0.25) is 0 Å². The molecular weight excluding hydrogens is 196 g/mol. The third-order valence-electron chi connectivity index (χ3n) is 3.65. The van der Waals surface area contributed by atoms with Gasteiger partial charge in [-0.2, -0.15) is 5.10 Å². The Morgan fingerprint density at radius 3 is 2.31 bits per heavy atom. The molecule has 1 aromatic heterocycles. The molecule has 2 nitrogen and oxygen atoms in total. The standard InChI is InChI=1S/C14H24N2/c1-11(2)16-14-10-8-6-4-5-7-9-13(14)12(3)15-16/h11H,4-10H2,1-3H3. The molecule has 0 N–H and O–H groups in total. The molecule has 0 bridgehead atoms. The minimum Gasteiger partial charge on any atom is -0.267 e. The van der Waals surface area contributed by atoms with Gasteiger partial charge in [0.2, 0.25) is 0 Å². The van der Waals surface area contributed by atoms with Crippen molar-refractivity contribution in [3.8, 4) is 0 Å². The van der Waals surface area contributed by atoms with Crippen LogP contribution in [0.25, 0.3) is 0 Å². The van der Waals surface area contributed by atoms with Gasteiger partial charge in [-0.1, -0.05) is 19.3 Å². The number of aryl methyl sites for hydroxylation is 1. The van der Waals surface area contributed by atoms with Gasteiger partial charge in [0, 0.05) is 11.7 Å². The average Bonchev–Trinajstić information content (AvgIpc) is 2.60. The second kappa shape index (κ2) is 5.03. The minimum absolute atomic E-state index is 0.503. The van der Waals surface area contributed by atoms with Crippen molar-refractivity contribution >= 4 is 0 Å². The highest BCUT2D eigenvalue weighted by molar-refractivity contribution is 5.26. The Labute approximate surface area is 99.0 Å². The molecule has 0 saturated heterocycles. The molecule has 2 heteroatoms. The normalized spacial score (nSPS) is 17.8. The molecule has 0 unspecified atom stereocenters. The Balaban J connectivity index is 2.34. The van der Waals surface area contributed by atoms with Crippen LogP contribution < -0.4 is 0 Å². The van der Waals surface area contributed by atoms with Crippen molar-refractivity contribution < 1.29 is 0 Å². The van der Waals surface area contributed by atoms with Crippen LogP contribution in [0.5, 0.6) is 0 Å². The first-order chi connectivity index (χ1) is 7.70. The first-order valence-electron chi connectivity index (χ1n) is 6.77. The van der Waals surface area contributed by atoms with Crippen molar-refractivity contribution in [2.24, 2.45) is 0 Å². The van der Waals surface area contributed by atoms with E-state index in [1.807, 2.05) is 0 Å². The zero-order chi connectivity index (χ0) is 11.5. The van der Waals surface area contributed by atoms with Crippen LogP contribution in [0, 0.1) is 6.92 Å². The number of hydrogen-bond donors (Lipinski definition) is 0. The molecule has 0 atom stereocenters. The molecule has 0 spiro atoms. The zero-order valence-electron chi connectivity index (χ0n) is 10.9. The van der Waals surface area contributed by atoms with Gasteiger partial charge in [-0.15, -0.1) is 0 Å². The third-order valence-corrected chi connectivity index (χ3v) is 3.65. The topological polar surface area (TPSA) is 17.8 Å². The van der Waals surface area contributed by atoms with Gasteiger partial charge in [0.05, 0.1) is 5.69 Å². The van der Waals surface area contributed by atoms with Gasteiger partial charge in [0.1, 0.15) is 0 Å². The van der Waals surface area contributed by atoms with E-state index in [-0.39, 0.29) is 0 Å². The summed E-state index contributed by atoms with van der Waals surface area (Å²) < 4.78 is 2.26. The fourth-order valence-corrected chi connectivity index (χ4v) is 2.77. The molecule has 1 heterocycles. The lowest BCUT2D eigenvalue weighted by atomic mass is 10.0. The lowest BCUT2D eigenvalue weighted by molar-refractivity contribution is 0.499. The second-order valence-corrected chi connectivity index (χ2v) is 5.32. The number of hydrogen-bond acceptors (Lipinski definition) is 1. The van der Waals surface area contributed by atoms with E-state index >= 15 is 0 Å². The lowest BCUT2D eigenvalue weighted by Crippen LogP contribution is -2.08. The van der Waals surface area contributed by atoms with Crippen LogP contribution in [-0.4, -0.2) is 9.78 Å². The molecule has 0 aliphatic heterocycles. The molecule has 90 valence electrons. The Hall–Kier alpha value is -0.790. The molecule has 0 aromatic carbocycles. The van der Waals surface area contributed by atoms with E-state index in [9.17, 15) is 0 Å². The van der Waals surface area contributed by atoms with Crippen LogP contribution in [0.3, 0.4) is 0 Å². The van der Waals surface area contributed by atoms with Crippen LogP contribution >= 0.6 is 0 Å². The minimum atomic E-state index is 0.503. The zero-order valence-corrected chi connectivity index (χ0v) is 10.9. The van der Waals surface area contributed by atoms with E-state index in [1.165, 1.54) is 56.3 Å². The van der Waals surface area contributed by atoms with Gasteiger partial charge in [-0.25, -0.2) is 0 Å². The molecule has 1 aliphatic rings. The summed E-state index contributed by atoms with van der Waals surface area (Å²) in [5.41, 5.74) is 4.34. The highest BCUT2D eigenvalue weighted by Crippen LogP contribution is 2.24. The van der Waals surface area contributed by atoms with Gasteiger partial charge in [0.15, 0.2) is 0 Å². The van der Waals surface area contributed by atoms with E-state index in [4.69, 9.17) is 5.10 Å². The van der Waals surface area contributed by atoms with E-state index < -0.39 is 0 Å².